The minimum absolute atomic E-state index is 0.183. The monoisotopic (exact) mass is 492 g/mol. The Labute approximate surface area is 204 Å². The molecule has 190 valence electrons. The SMILES string of the molecule is CC(=O)OCCC1(CCC2CCN(S(=O)(=O)c3ccc(C)cc3)CC2)COC2(CCCCC2)N1. The van der Waals surface area contributed by atoms with Gasteiger partial charge in [0, 0.05) is 32.0 Å². The van der Waals surface area contributed by atoms with Gasteiger partial charge in [-0.25, -0.2) is 8.42 Å². The molecule has 2 saturated heterocycles. The molecule has 1 N–H and O–H groups in total. The highest BCUT2D eigenvalue weighted by Crippen LogP contribution is 2.40. The molecule has 0 aromatic heterocycles. The standard InChI is InChI=1S/C26H40N2O5S/c1-21-6-8-24(9-7-21)34(30,31)28-17-11-23(12-18-28)10-15-25(16-19-32-22(2)29)20-33-26(27-25)13-4-3-5-14-26/h6-9,23,27H,3-5,10-20H2,1-2H3. The van der Waals surface area contributed by atoms with E-state index in [1.165, 1.54) is 26.2 Å². The molecule has 1 atom stereocenters. The third kappa shape index (κ3) is 6.01. The van der Waals surface area contributed by atoms with Crippen LogP contribution in [0.25, 0.3) is 0 Å². The Morgan fingerprint density at radius 1 is 1.12 bits per heavy atom. The van der Waals surface area contributed by atoms with Gasteiger partial charge in [0.15, 0.2) is 0 Å². The number of carbonyl (C=O) groups excluding carboxylic acids is 1. The molecule has 1 aromatic rings. The Bertz CT molecular complexity index is 934. The topological polar surface area (TPSA) is 84.9 Å². The summed E-state index contributed by atoms with van der Waals surface area (Å²) in [6.07, 6.45) is 10.2. The first kappa shape index (κ1) is 25.6. The fourth-order valence-electron chi connectivity index (χ4n) is 5.79. The second kappa shape index (κ2) is 10.6. The highest BCUT2D eigenvalue weighted by molar-refractivity contribution is 7.89. The van der Waals surface area contributed by atoms with E-state index < -0.39 is 10.0 Å². The van der Waals surface area contributed by atoms with Crippen molar-refractivity contribution in [3.8, 4) is 0 Å². The summed E-state index contributed by atoms with van der Waals surface area (Å²) in [5, 5.41) is 3.87. The van der Waals surface area contributed by atoms with E-state index in [9.17, 15) is 13.2 Å². The zero-order valence-corrected chi connectivity index (χ0v) is 21.5. The van der Waals surface area contributed by atoms with Crippen LogP contribution in [0, 0.1) is 12.8 Å². The van der Waals surface area contributed by atoms with Gasteiger partial charge >= 0.3 is 5.97 Å². The van der Waals surface area contributed by atoms with Crippen LogP contribution in [-0.2, 0) is 24.3 Å². The number of benzene rings is 1. The summed E-state index contributed by atoms with van der Waals surface area (Å²) in [4.78, 5) is 11.7. The maximum atomic E-state index is 13.0. The van der Waals surface area contributed by atoms with Crippen LogP contribution in [-0.4, -0.2) is 56.3 Å². The number of carbonyl (C=O) groups is 1. The number of piperidine rings is 1. The Balaban J connectivity index is 1.33. The van der Waals surface area contributed by atoms with E-state index in [1.807, 2.05) is 19.1 Å². The number of nitrogens with zero attached hydrogens (tertiary/aromatic N) is 1. The van der Waals surface area contributed by atoms with Gasteiger partial charge in [-0.15, -0.1) is 0 Å². The van der Waals surface area contributed by atoms with Gasteiger partial charge in [0.2, 0.25) is 10.0 Å². The number of esters is 1. The average Bonchev–Trinajstić information content (AvgIpc) is 3.16. The summed E-state index contributed by atoms with van der Waals surface area (Å²) in [5.41, 5.74) is 0.650. The van der Waals surface area contributed by atoms with E-state index in [2.05, 4.69) is 5.32 Å². The lowest BCUT2D eigenvalue weighted by Gasteiger charge is -2.37. The molecule has 2 aliphatic heterocycles. The normalized spacial score (nSPS) is 26.1. The molecular formula is C26H40N2O5S. The van der Waals surface area contributed by atoms with E-state index in [4.69, 9.17) is 9.47 Å². The first-order valence-electron chi connectivity index (χ1n) is 12.9. The number of ether oxygens (including phenoxy) is 2. The first-order valence-corrected chi connectivity index (χ1v) is 14.3. The molecule has 4 rings (SSSR count). The molecule has 1 aliphatic carbocycles. The van der Waals surface area contributed by atoms with Gasteiger partial charge in [-0.1, -0.05) is 24.1 Å². The Kier molecular flexibility index (Phi) is 8.02. The zero-order chi connectivity index (χ0) is 24.2. The van der Waals surface area contributed by atoms with Crippen LogP contribution in [0.1, 0.15) is 76.7 Å². The quantitative estimate of drug-likeness (QED) is 0.549. The number of sulfonamides is 1. The zero-order valence-electron chi connectivity index (χ0n) is 20.7. The Morgan fingerprint density at radius 2 is 1.79 bits per heavy atom. The predicted molar refractivity (Wildman–Crippen MR) is 131 cm³/mol. The first-order chi connectivity index (χ1) is 16.2. The van der Waals surface area contributed by atoms with E-state index >= 15 is 0 Å². The summed E-state index contributed by atoms with van der Waals surface area (Å²) in [5.74, 6) is 0.239. The van der Waals surface area contributed by atoms with Crippen LogP contribution in [0.4, 0.5) is 0 Å². The van der Waals surface area contributed by atoms with Crippen LogP contribution in [0.3, 0.4) is 0 Å². The molecule has 0 amide bonds. The third-order valence-electron chi connectivity index (χ3n) is 7.93. The molecule has 1 aromatic carbocycles. The van der Waals surface area contributed by atoms with Crippen LogP contribution >= 0.6 is 0 Å². The number of hydrogen-bond donors (Lipinski definition) is 1. The van der Waals surface area contributed by atoms with Crippen molar-refractivity contribution in [2.24, 2.45) is 5.92 Å². The van der Waals surface area contributed by atoms with Gasteiger partial charge in [-0.05, 0) is 76.3 Å². The molecule has 1 saturated carbocycles. The van der Waals surface area contributed by atoms with Crippen LogP contribution in [0.2, 0.25) is 0 Å². The molecule has 1 unspecified atom stereocenters. The Morgan fingerprint density at radius 3 is 2.44 bits per heavy atom. The van der Waals surface area contributed by atoms with Crippen LogP contribution in [0.15, 0.2) is 29.2 Å². The highest BCUT2D eigenvalue weighted by atomic mass is 32.2. The van der Waals surface area contributed by atoms with Crippen molar-refractivity contribution < 1.29 is 22.7 Å². The summed E-state index contributed by atoms with van der Waals surface area (Å²) in [6, 6.07) is 7.11. The largest absolute Gasteiger partial charge is 0.466 e. The Hall–Kier alpha value is -1.48. The molecule has 3 fully saturated rings. The number of aryl methyl sites for hydroxylation is 1. The third-order valence-corrected chi connectivity index (χ3v) is 9.84. The molecular weight excluding hydrogens is 452 g/mol. The maximum Gasteiger partial charge on any atom is 0.302 e. The predicted octanol–water partition coefficient (Wildman–Crippen LogP) is 4.15. The minimum Gasteiger partial charge on any atom is -0.466 e. The highest BCUT2D eigenvalue weighted by Gasteiger charge is 2.48. The van der Waals surface area contributed by atoms with Gasteiger partial charge in [0.1, 0.15) is 5.72 Å². The van der Waals surface area contributed by atoms with Gasteiger partial charge in [0.05, 0.1) is 18.1 Å². The van der Waals surface area contributed by atoms with Crippen molar-refractivity contribution in [1.82, 2.24) is 9.62 Å². The van der Waals surface area contributed by atoms with E-state index in [0.29, 0.717) is 37.1 Å². The smallest absolute Gasteiger partial charge is 0.302 e. The minimum atomic E-state index is -3.43. The second-order valence-electron chi connectivity index (χ2n) is 10.5. The lowest BCUT2D eigenvalue weighted by molar-refractivity contribution is -0.141. The van der Waals surface area contributed by atoms with Crippen LogP contribution in [0.5, 0.6) is 0 Å². The molecule has 2 heterocycles. The van der Waals surface area contributed by atoms with E-state index in [1.54, 1.807) is 16.4 Å². The van der Waals surface area contributed by atoms with Gasteiger partial charge in [-0.2, -0.15) is 4.31 Å². The van der Waals surface area contributed by atoms with Crippen LogP contribution < -0.4 is 5.32 Å². The molecule has 3 aliphatic rings. The van der Waals surface area contributed by atoms with Crippen molar-refractivity contribution in [1.29, 1.82) is 0 Å². The number of nitrogens with one attached hydrogen (secondary N) is 1. The number of rotatable bonds is 8. The maximum absolute atomic E-state index is 13.0. The fourth-order valence-corrected chi connectivity index (χ4v) is 7.26. The van der Waals surface area contributed by atoms with Crippen molar-refractivity contribution in [2.45, 2.75) is 94.2 Å². The average molecular weight is 493 g/mol. The molecule has 0 radical (unpaired) electrons. The van der Waals surface area contributed by atoms with Gasteiger partial charge < -0.3 is 9.47 Å². The van der Waals surface area contributed by atoms with Crippen molar-refractivity contribution in [3.63, 3.8) is 0 Å². The van der Waals surface area contributed by atoms with Crippen molar-refractivity contribution in [2.75, 3.05) is 26.3 Å². The molecule has 34 heavy (non-hydrogen) atoms. The summed E-state index contributed by atoms with van der Waals surface area (Å²) < 4.78 is 39.4. The number of hydrogen-bond acceptors (Lipinski definition) is 6. The van der Waals surface area contributed by atoms with E-state index in [-0.39, 0.29) is 17.2 Å². The lowest BCUT2D eigenvalue weighted by Crippen LogP contribution is -2.53. The van der Waals surface area contributed by atoms with Crippen molar-refractivity contribution >= 4 is 16.0 Å². The summed E-state index contributed by atoms with van der Waals surface area (Å²) in [7, 11) is -3.43. The van der Waals surface area contributed by atoms with E-state index in [0.717, 1.165) is 50.5 Å². The summed E-state index contributed by atoms with van der Waals surface area (Å²) in [6.45, 7) is 5.59. The lowest BCUT2D eigenvalue weighted by atomic mass is 9.83. The van der Waals surface area contributed by atoms with Gasteiger partial charge in [0.25, 0.3) is 0 Å². The van der Waals surface area contributed by atoms with Gasteiger partial charge in [-0.3, -0.25) is 10.1 Å². The molecule has 0 bridgehead atoms. The second-order valence-corrected chi connectivity index (χ2v) is 12.5. The summed E-state index contributed by atoms with van der Waals surface area (Å²) >= 11 is 0. The molecule has 1 spiro atoms. The van der Waals surface area contributed by atoms with Crippen molar-refractivity contribution in [3.05, 3.63) is 29.8 Å². The molecule has 7 nitrogen and oxygen atoms in total. The fraction of sp³-hybridized carbons (Fsp3) is 0.731. The molecule has 8 heteroatoms.